The van der Waals surface area contributed by atoms with E-state index in [2.05, 4.69) is 16.2 Å². The molecule has 2 aromatic carbocycles. The van der Waals surface area contributed by atoms with Crippen LogP contribution in [0.3, 0.4) is 0 Å². The van der Waals surface area contributed by atoms with E-state index >= 15 is 0 Å². The molecule has 0 aromatic heterocycles. The Balaban J connectivity index is 1.74. The topological polar surface area (TPSA) is 88.7 Å². The molecule has 0 fully saturated rings. The van der Waals surface area contributed by atoms with Gasteiger partial charge in [-0.2, -0.15) is 0 Å². The van der Waals surface area contributed by atoms with Gasteiger partial charge in [0.25, 0.3) is 11.8 Å². The summed E-state index contributed by atoms with van der Waals surface area (Å²) in [6.45, 7) is 2.17. The van der Waals surface area contributed by atoms with Crippen molar-refractivity contribution in [1.29, 1.82) is 0 Å². The first-order valence-electron chi connectivity index (χ1n) is 7.89. The van der Waals surface area contributed by atoms with Gasteiger partial charge in [0.15, 0.2) is 11.7 Å². The number of hydrogen-bond donors (Lipinski definition) is 3. The Labute approximate surface area is 156 Å². The molecule has 136 valence electrons. The van der Waals surface area contributed by atoms with Crippen LogP contribution in [-0.4, -0.2) is 30.1 Å². The molecule has 0 aliphatic heterocycles. The van der Waals surface area contributed by atoms with Crippen molar-refractivity contribution in [1.82, 2.24) is 16.2 Å². The minimum Gasteiger partial charge on any atom is -0.494 e. The molecule has 2 rings (SSSR count). The number of carbonyl (C=O) groups is 2. The molecule has 0 saturated carbocycles. The lowest BCUT2D eigenvalue weighted by atomic mass is 10.2. The number of nitrogens with one attached hydrogen (secondary N) is 3. The predicted molar refractivity (Wildman–Crippen MR) is 101 cm³/mol. The van der Waals surface area contributed by atoms with Gasteiger partial charge in [0.2, 0.25) is 0 Å². The quantitative estimate of drug-likeness (QED) is 0.529. The van der Waals surface area contributed by atoms with Crippen molar-refractivity contribution in [2.45, 2.75) is 6.92 Å². The third kappa shape index (κ3) is 6.40. The lowest BCUT2D eigenvalue weighted by molar-refractivity contribution is -0.123. The molecule has 0 heterocycles. The summed E-state index contributed by atoms with van der Waals surface area (Å²) < 4.78 is 10.6. The van der Waals surface area contributed by atoms with E-state index in [9.17, 15) is 9.59 Å². The summed E-state index contributed by atoms with van der Waals surface area (Å²) in [6, 6.07) is 15.6. The van der Waals surface area contributed by atoms with E-state index < -0.39 is 11.8 Å². The molecule has 0 radical (unpaired) electrons. The molecule has 0 aliphatic rings. The highest BCUT2D eigenvalue weighted by molar-refractivity contribution is 7.80. The molecule has 2 aromatic rings. The smallest absolute Gasteiger partial charge is 0.276 e. The Morgan fingerprint density at radius 1 is 0.962 bits per heavy atom. The lowest BCUT2D eigenvalue weighted by Crippen LogP contribution is -2.49. The fourth-order valence-corrected chi connectivity index (χ4v) is 2.07. The van der Waals surface area contributed by atoms with Crippen LogP contribution >= 0.6 is 12.2 Å². The number of carbonyl (C=O) groups excluding carboxylic acids is 2. The molecule has 26 heavy (non-hydrogen) atoms. The van der Waals surface area contributed by atoms with Crippen LogP contribution < -0.4 is 25.6 Å². The second kappa shape index (κ2) is 10.00. The molecule has 0 atom stereocenters. The summed E-state index contributed by atoms with van der Waals surface area (Å²) in [7, 11) is 0. The zero-order valence-corrected chi connectivity index (χ0v) is 15.0. The second-order valence-corrected chi connectivity index (χ2v) is 5.43. The Hall–Kier alpha value is -3.13. The van der Waals surface area contributed by atoms with Crippen molar-refractivity contribution >= 4 is 29.1 Å². The summed E-state index contributed by atoms with van der Waals surface area (Å²) in [4.78, 5) is 23.8. The molecule has 8 heteroatoms. The highest BCUT2D eigenvalue weighted by atomic mass is 32.1. The maximum atomic E-state index is 12.1. The van der Waals surface area contributed by atoms with Gasteiger partial charge in [0.05, 0.1) is 6.61 Å². The molecule has 3 N–H and O–H groups in total. The number of amides is 2. The summed E-state index contributed by atoms with van der Waals surface area (Å²) in [5.41, 5.74) is 5.18. The normalized spacial score (nSPS) is 9.73. The third-order valence-electron chi connectivity index (χ3n) is 3.06. The van der Waals surface area contributed by atoms with Gasteiger partial charge >= 0.3 is 0 Å². The SMILES string of the molecule is CCOc1cccc(C(=O)NC(=S)NNC(=O)COc2ccccc2)c1. The molecule has 0 spiro atoms. The third-order valence-corrected chi connectivity index (χ3v) is 3.27. The second-order valence-electron chi connectivity index (χ2n) is 5.02. The van der Waals surface area contributed by atoms with Crippen molar-refractivity contribution in [3.8, 4) is 11.5 Å². The molecule has 0 aliphatic carbocycles. The van der Waals surface area contributed by atoms with Crippen molar-refractivity contribution in [2.24, 2.45) is 0 Å². The van der Waals surface area contributed by atoms with Crippen LogP contribution in [0.5, 0.6) is 11.5 Å². The van der Waals surface area contributed by atoms with Crippen LogP contribution in [0, 0.1) is 0 Å². The van der Waals surface area contributed by atoms with E-state index in [0.717, 1.165) is 0 Å². The number of rotatable bonds is 6. The highest BCUT2D eigenvalue weighted by Crippen LogP contribution is 2.13. The van der Waals surface area contributed by atoms with Gasteiger partial charge in [-0.1, -0.05) is 24.3 Å². The molecule has 7 nitrogen and oxygen atoms in total. The summed E-state index contributed by atoms with van der Waals surface area (Å²) in [6.07, 6.45) is 0. The standard InChI is InChI=1S/C18H19N3O4S/c1-2-24-15-10-6-7-13(11-15)17(23)19-18(26)21-20-16(22)12-25-14-8-4-3-5-9-14/h3-11H,2,12H2,1H3,(H,20,22)(H2,19,21,23,26). The molecule has 2 amide bonds. The number of ether oxygens (including phenoxy) is 2. The van der Waals surface area contributed by atoms with Gasteiger partial charge in [-0.25, -0.2) is 0 Å². The average molecular weight is 373 g/mol. The van der Waals surface area contributed by atoms with Crippen molar-refractivity contribution in [3.63, 3.8) is 0 Å². The van der Waals surface area contributed by atoms with Crippen molar-refractivity contribution in [3.05, 3.63) is 60.2 Å². The van der Waals surface area contributed by atoms with Crippen LogP contribution in [0.25, 0.3) is 0 Å². The molecule has 0 unspecified atom stereocenters. The summed E-state index contributed by atoms with van der Waals surface area (Å²) >= 11 is 4.98. The van der Waals surface area contributed by atoms with Gasteiger partial charge in [0.1, 0.15) is 11.5 Å². The molecular weight excluding hydrogens is 354 g/mol. The first-order valence-corrected chi connectivity index (χ1v) is 8.30. The summed E-state index contributed by atoms with van der Waals surface area (Å²) in [5, 5.41) is 2.43. The van der Waals surface area contributed by atoms with Crippen molar-refractivity contribution < 1.29 is 19.1 Å². The summed E-state index contributed by atoms with van der Waals surface area (Å²) in [5.74, 6) is 0.306. The van der Waals surface area contributed by atoms with Crippen LogP contribution in [0.2, 0.25) is 0 Å². The fraction of sp³-hybridized carbons (Fsp3) is 0.167. The number of hydrogen-bond acceptors (Lipinski definition) is 5. The Morgan fingerprint density at radius 2 is 1.69 bits per heavy atom. The fourth-order valence-electron chi connectivity index (χ4n) is 1.93. The zero-order chi connectivity index (χ0) is 18.8. The van der Waals surface area contributed by atoms with Crippen LogP contribution in [0.4, 0.5) is 0 Å². The predicted octanol–water partition coefficient (Wildman–Crippen LogP) is 1.80. The van der Waals surface area contributed by atoms with Crippen LogP contribution in [0.15, 0.2) is 54.6 Å². The largest absolute Gasteiger partial charge is 0.494 e. The van der Waals surface area contributed by atoms with Crippen LogP contribution in [0.1, 0.15) is 17.3 Å². The molecular formula is C18H19N3O4S. The zero-order valence-electron chi connectivity index (χ0n) is 14.2. The van der Waals surface area contributed by atoms with E-state index in [1.54, 1.807) is 48.5 Å². The van der Waals surface area contributed by atoms with Gasteiger partial charge in [-0.15, -0.1) is 0 Å². The molecule has 0 saturated heterocycles. The Morgan fingerprint density at radius 3 is 2.42 bits per heavy atom. The highest BCUT2D eigenvalue weighted by Gasteiger charge is 2.10. The van der Waals surface area contributed by atoms with E-state index in [0.29, 0.717) is 23.7 Å². The average Bonchev–Trinajstić information content (AvgIpc) is 2.66. The van der Waals surface area contributed by atoms with Gasteiger partial charge in [-0.05, 0) is 49.5 Å². The Bertz CT molecular complexity index is 768. The number of benzene rings is 2. The van der Waals surface area contributed by atoms with E-state index in [4.69, 9.17) is 21.7 Å². The van der Waals surface area contributed by atoms with E-state index in [1.165, 1.54) is 0 Å². The lowest BCUT2D eigenvalue weighted by Gasteiger charge is -2.12. The van der Waals surface area contributed by atoms with Gasteiger partial charge in [0, 0.05) is 5.56 Å². The monoisotopic (exact) mass is 373 g/mol. The van der Waals surface area contributed by atoms with Crippen LogP contribution in [-0.2, 0) is 4.79 Å². The first kappa shape index (κ1) is 19.2. The van der Waals surface area contributed by atoms with E-state index in [-0.39, 0.29) is 11.7 Å². The number of thiocarbonyl (C=S) groups is 1. The maximum Gasteiger partial charge on any atom is 0.276 e. The minimum absolute atomic E-state index is 0.0372. The number of para-hydroxylation sites is 1. The maximum absolute atomic E-state index is 12.1. The van der Waals surface area contributed by atoms with Crippen molar-refractivity contribution in [2.75, 3.05) is 13.2 Å². The molecule has 0 bridgehead atoms. The minimum atomic E-state index is -0.441. The van der Waals surface area contributed by atoms with E-state index in [1.807, 2.05) is 13.0 Å². The first-order chi connectivity index (χ1) is 12.6. The van der Waals surface area contributed by atoms with Gasteiger partial charge < -0.3 is 9.47 Å². The Kier molecular flexibility index (Phi) is 7.38. The number of hydrazine groups is 1. The van der Waals surface area contributed by atoms with Gasteiger partial charge in [-0.3, -0.25) is 25.8 Å².